The molecule has 2 rings (SSSR count). The van der Waals surface area contributed by atoms with Gasteiger partial charge in [-0.3, -0.25) is 0 Å². The van der Waals surface area contributed by atoms with Crippen molar-refractivity contribution in [2.75, 3.05) is 13.7 Å². The van der Waals surface area contributed by atoms with Gasteiger partial charge in [0.1, 0.15) is 0 Å². The van der Waals surface area contributed by atoms with Gasteiger partial charge in [-0.05, 0) is 42.5 Å². The van der Waals surface area contributed by atoms with Crippen molar-refractivity contribution in [2.45, 2.75) is 25.2 Å². The second-order valence-electron chi connectivity index (χ2n) is 3.89. The van der Waals surface area contributed by atoms with Crippen LogP contribution < -0.4 is 0 Å². The molecule has 0 amide bonds. The predicted molar refractivity (Wildman–Crippen MR) is 59.0 cm³/mol. The van der Waals surface area contributed by atoms with Gasteiger partial charge in [-0.25, -0.2) is 0 Å². The Balaban J connectivity index is 2.30. The Morgan fingerprint density at radius 1 is 1.50 bits per heavy atom. The van der Waals surface area contributed by atoms with E-state index in [1.165, 1.54) is 24.0 Å². The molecule has 14 heavy (non-hydrogen) atoms. The molecule has 1 aromatic rings. The van der Waals surface area contributed by atoms with Crippen LogP contribution in [0.3, 0.4) is 0 Å². The topological polar surface area (TPSA) is 9.23 Å². The minimum absolute atomic E-state index is 0.570. The van der Waals surface area contributed by atoms with Crippen molar-refractivity contribution in [1.29, 1.82) is 0 Å². The van der Waals surface area contributed by atoms with E-state index in [4.69, 9.17) is 16.3 Å². The fourth-order valence-electron chi connectivity index (χ4n) is 2.26. The van der Waals surface area contributed by atoms with E-state index in [1.807, 2.05) is 6.07 Å². The van der Waals surface area contributed by atoms with Crippen molar-refractivity contribution >= 4 is 11.6 Å². The summed E-state index contributed by atoms with van der Waals surface area (Å²) in [6.07, 6.45) is 3.65. The number of fused-ring (bicyclic) bond motifs is 1. The van der Waals surface area contributed by atoms with Gasteiger partial charge in [0.2, 0.25) is 0 Å². The number of ether oxygens (including phenoxy) is 1. The standard InChI is InChI=1S/C12H15ClO/c1-14-8-10-4-2-3-9-7-11(13)5-6-12(9)10/h5-7,10H,2-4,8H2,1H3. The van der Waals surface area contributed by atoms with Crippen LogP contribution >= 0.6 is 11.6 Å². The molecule has 1 unspecified atom stereocenters. The van der Waals surface area contributed by atoms with Gasteiger partial charge in [0.25, 0.3) is 0 Å². The van der Waals surface area contributed by atoms with Gasteiger partial charge in [-0.2, -0.15) is 0 Å². The molecule has 1 nitrogen and oxygen atoms in total. The molecule has 1 aromatic carbocycles. The summed E-state index contributed by atoms with van der Waals surface area (Å²) in [5.74, 6) is 0.570. The lowest BCUT2D eigenvalue weighted by molar-refractivity contribution is 0.172. The van der Waals surface area contributed by atoms with Crippen LogP contribution in [0.5, 0.6) is 0 Å². The van der Waals surface area contributed by atoms with E-state index in [1.54, 1.807) is 7.11 Å². The first kappa shape index (κ1) is 10.0. The van der Waals surface area contributed by atoms with E-state index >= 15 is 0 Å². The first-order valence-electron chi connectivity index (χ1n) is 5.08. The van der Waals surface area contributed by atoms with Crippen LogP contribution in [0.25, 0.3) is 0 Å². The minimum Gasteiger partial charge on any atom is -0.384 e. The molecule has 0 heterocycles. The maximum atomic E-state index is 5.97. The monoisotopic (exact) mass is 210 g/mol. The molecule has 0 bridgehead atoms. The third kappa shape index (κ3) is 1.94. The highest BCUT2D eigenvalue weighted by molar-refractivity contribution is 6.30. The van der Waals surface area contributed by atoms with Gasteiger partial charge < -0.3 is 4.74 Å². The maximum absolute atomic E-state index is 5.97. The number of methoxy groups -OCH3 is 1. The van der Waals surface area contributed by atoms with Crippen LogP contribution in [0.1, 0.15) is 29.9 Å². The van der Waals surface area contributed by atoms with Crippen molar-refractivity contribution in [1.82, 2.24) is 0 Å². The lowest BCUT2D eigenvalue weighted by atomic mass is 9.83. The Bertz CT molecular complexity index is 322. The Morgan fingerprint density at radius 3 is 3.14 bits per heavy atom. The lowest BCUT2D eigenvalue weighted by Crippen LogP contribution is -2.14. The second-order valence-corrected chi connectivity index (χ2v) is 4.32. The molecule has 2 heteroatoms. The number of hydrogen-bond acceptors (Lipinski definition) is 1. The zero-order chi connectivity index (χ0) is 9.97. The predicted octanol–water partition coefficient (Wildman–Crippen LogP) is 3.41. The maximum Gasteiger partial charge on any atom is 0.0531 e. The summed E-state index contributed by atoms with van der Waals surface area (Å²) in [6, 6.07) is 6.23. The Kier molecular flexibility index (Phi) is 3.09. The number of hydrogen-bond donors (Lipinski definition) is 0. The highest BCUT2D eigenvalue weighted by Crippen LogP contribution is 2.33. The molecule has 0 radical (unpaired) electrons. The molecular formula is C12H15ClO. The molecule has 0 saturated carbocycles. The molecule has 0 saturated heterocycles. The second kappa shape index (κ2) is 4.33. The van der Waals surface area contributed by atoms with Gasteiger partial charge in [0.15, 0.2) is 0 Å². The summed E-state index contributed by atoms with van der Waals surface area (Å²) < 4.78 is 5.24. The van der Waals surface area contributed by atoms with Crippen LogP contribution in [-0.2, 0) is 11.2 Å². The van der Waals surface area contributed by atoms with Crippen molar-refractivity contribution in [2.24, 2.45) is 0 Å². The van der Waals surface area contributed by atoms with Crippen molar-refractivity contribution in [3.63, 3.8) is 0 Å². The van der Waals surface area contributed by atoms with Crippen molar-refractivity contribution < 1.29 is 4.74 Å². The van der Waals surface area contributed by atoms with Crippen LogP contribution in [0, 0.1) is 0 Å². The fourth-order valence-corrected chi connectivity index (χ4v) is 2.45. The summed E-state index contributed by atoms with van der Waals surface area (Å²) in [7, 11) is 1.77. The first-order valence-corrected chi connectivity index (χ1v) is 5.46. The van der Waals surface area contributed by atoms with Crippen LogP contribution in [0.4, 0.5) is 0 Å². The van der Waals surface area contributed by atoms with E-state index in [9.17, 15) is 0 Å². The number of benzene rings is 1. The van der Waals surface area contributed by atoms with E-state index in [0.29, 0.717) is 5.92 Å². The normalized spacial score (nSPS) is 20.6. The molecule has 76 valence electrons. The molecular weight excluding hydrogens is 196 g/mol. The number of rotatable bonds is 2. The molecule has 0 N–H and O–H groups in total. The summed E-state index contributed by atoms with van der Waals surface area (Å²) in [5.41, 5.74) is 2.84. The Hall–Kier alpha value is -0.530. The average molecular weight is 211 g/mol. The first-order chi connectivity index (χ1) is 6.81. The van der Waals surface area contributed by atoms with Crippen molar-refractivity contribution in [3.05, 3.63) is 34.3 Å². The van der Waals surface area contributed by atoms with Gasteiger partial charge in [0, 0.05) is 18.1 Å². The SMILES string of the molecule is COCC1CCCc2cc(Cl)ccc21. The number of aryl methyl sites for hydroxylation is 1. The van der Waals surface area contributed by atoms with Gasteiger partial charge in [0.05, 0.1) is 6.61 Å². The van der Waals surface area contributed by atoms with E-state index in [0.717, 1.165) is 18.1 Å². The summed E-state index contributed by atoms with van der Waals surface area (Å²) in [6.45, 7) is 0.828. The highest BCUT2D eigenvalue weighted by Gasteiger charge is 2.19. The molecule has 1 atom stereocenters. The molecule has 0 aliphatic heterocycles. The van der Waals surface area contributed by atoms with Crippen LogP contribution in [0.2, 0.25) is 5.02 Å². The van der Waals surface area contributed by atoms with E-state index in [2.05, 4.69) is 12.1 Å². The third-order valence-electron chi connectivity index (χ3n) is 2.91. The fraction of sp³-hybridized carbons (Fsp3) is 0.500. The van der Waals surface area contributed by atoms with E-state index < -0.39 is 0 Å². The summed E-state index contributed by atoms with van der Waals surface area (Å²) >= 11 is 5.97. The molecule has 0 spiro atoms. The largest absolute Gasteiger partial charge is 0.384 e. The lowest BCUT2D eigenvalue weighted by Gasteiger charge is -2.24. The molecule has 0 fully saturated rings. The average Bonchev–Trinajstić information content (AvgIpc) is 2.18. The van der Waals surface area contributed by atoms with Gasteiger partial charge >= 0.3 is 0 Å². The molecule has 1 aliphatic carbocycles. The molecule has 0 aromatic heterocycles. The summed E-state index contributed by atoms with van der Waals surface area (Å²) in [4.78, 5) is 0. The van der Waals surface area contributed by atoms with Crippen molar-refractivity contribution in [3.8, 4) is 0 Å². The third-order valence-corrected chi connectivity index (χ3v) is 3.15. The van der Waals surface area contributed by atoms with Gasteiger partial charge in [-0.15, -0.1) is 0 Å². The summed E-state index contributed by atoms with van der Waals surface area (Å²) in [5, 5.41) is 0.849. The Morgan fingerprint density at radius 2 is 2.36 bits per heavy atom. The van der Waals surface area contributed by atoms with Gasteiger partial charge in [-0.1, -0.05) is 17.7 Å². The quantitative estimate of drug-likeness (QED) is 0.727. The van der Waals surface area contributed by atoms with E-state index in [-0.39, 0.29) is 0 Å². The highest BCUT2D eigenvalue weighted by atomic mass is 35.5. The number of halogens is 1. The molecule has 1 aliphatic rings. The minimum atomic E-state index is 0.570. The van der Waals surface area contributed by atoms with Crippen LogP contribution in [-0.4, -0.2) is 13.7 Å². The van der Waals surface area contributed by atoms with Crippen LogP contribution in [0.15, 0.2) is 18.2 Å². The Labute approximate surface area is 90.0 Å². The smallest absolute Gasteiger partial charge is 0.0531 e. The zero-order valence-electron chi connectivity index (χ0n) is 8.42. The zero-order valence-corrected chi connectivity index (χ0v) is 9.18.